The third-order valence-electron chi connectivity index (χ3n) is 3.91. The van der Waals surface area contributed by atoms with Crippen LogP contribution in [0.2, 0.25) is 0 Å². The van der Waals surface area contributed by atoms with Gasteiger partial charge in [0.25, 0.3) is 0 Å². The van der Waals surface area contributed by atoms with Gasteiger partial charge >= 0.3 is 0 Å². The van der Waals surface area contributed by atoms with Crippen LogP contribution in [0.15, 0.2) is 36.8 Å². The molecule has 3 heterocycles. The Kier molecular flexibility index (Phi) is 3.58. The van der Waals surface area contributed by atoms with Crippen LogP contribution in [-0.2, 0) is 18.4 Å². The fraction of sp³-hybridized carbons (Fsp3) is 0.467. The van der Waals surface area contributed by atoms with Crippen molar-refractivity contribution in [3.63, 3.8) is 0 Å². The van der Waals surface area contributed by atoms with Gasteiger partial charge in [0.1, 0.15) is 6.54 Å². The van der Waals surface area contributed by atoms with Crippen molar-refractivity contribution < 1.29 is 4.79 Å². The highest BCUT2D eigenvalue weighted by Crippen LogP contribution is 2.25. The van der Waals surface area contributed by atoms with E-state index in [1.54, 1.807) is 0 Å². The van der Waals surface area contributed by atoms with Crippen molar-refractivity contribution in [1.29, 1.82) is 0 Å². The van der Waals surface area contributed by atoms with Gasteiger partial charge in [0.15, 0.2) is 0 Å². The summed E-state index contributed by atoms with van der Waals surface area (Å²) in [5.74, 6) is 0.570. The minimum Gasteiger partial charge on any atom is -0.345 e. The molecule has 5 nitrogen and oxygen atoms in total. The Bertz CT molecular complexity index is 572. The van der Waals surface area contributed by atoms with Gasteiger partial charge in [-0.05, 0) is 31.0 Å². The fourth-order valence-electron chi connectivity index (χ4n) is 2.83. The zero-order chi connectivity index (χ0) is 13.9. The smallest absolute Gasteiger partial charge is 0.242 e. The Morgan fingerprint density at radius 2 is 2.15 bits per heavy atom. The van der Waals surface area contributed by atoms with E-state index in [1.807, 2.05) is 51.9 Å². The van der Waals surface area contributed by atoms with Crippen LogP contribution in [0.1, 0.15) is 24.5 Å². The molecule has 1 atom stereocenters. The number of nitrogens with zero attached hydrogens (tertiary/aromatic N) is 4. The number of amides is 1. The largest absolute Gasteiger partial charge is 0.345 e. The van der Waals surface area contributed by atoms with Crippen LogP contribution < -0.4 is 0 Å². The summed E-state index contributed by atoms with van der Waals surface area (Å²) in [6.45, 7) is 2.09. The van der Waals surface area contributed by atoms with Crippen LogP contribution in [0, 0.1) is 0 Å². The molecule has 0 N–H and O–H groups in total. The third-order valence-corrected chi connectivity index (χ3v) is 3.91. The van der Waals surface area contributed by atoms with Crippen LogP contribution >= 0.6 is 0 Å². The monoisotopic (exact) mass is 272 g/mol. The summed E-state index contributed by atoms with van der Waals surface area (Å²) in [6, 6.07) is 5.95. The number of carbonyl (C=O) groups excluding carboxylic acids is 1. The number of hydrogen-bond donors (Lipinski definition) is 0. The number of carbonyl (C=O) groups is 1. The lowest BCUT2D eigenvalue weighted by atomic mass is 9.95. The topological polar surface area (TPSA) is 43.1 Å². The molecule has 1 fully saturated rings. The molecule has 1 unspecified atom stereocenters. The molecule has 5 heteroatoms. The van der Waals surface area contributed by atoms with Crippen molar-refractivity contribution in [2.45, 2.75) is 25.3 Å². The summed E-state index contributed by atoms with van der Waals surface area (Å²) in [7, 11) is 1.93. The zero-order valence-corrected chi connectivity index (χ0v) is 11.8. The second-order valence-corrected chi connectivity index (χ2v) is 5.45. The van der Waals surface area contributed by atoms with Crippen molar-refractivity contribution in [3.8, 4) is 0 Å². The Morgan fingerprint density at radius 1 is 1.35 bits per heavy atom. The minimum absolute atomic E-state index is 0.196. The van der Waals surface area contributed by atoms with Crippen LogP contribution in [-0.4, -0.2) is 38.2 Å². The highest BCUT2D eigenvalue weighted by molar-refractivity contribution is 5.76. The second-order valence-electron chi connectivity index (χ2n) is 5.45. The fourth-order valence-corrected chi connectivity index (χ4v) is 2.83. The second kappa shape index (κ2) is 5.53. The van der Waals surface area contributed by atoms with Gasteiger partial charge in [-0.25, -0.2) is 0 Å². The van der Waals surface area contributed by atoms with Gasteiger partial charge in [-0.3, -0.25) is 9.48 Å². The first kappa shape index (κ1) is 13.0. The molecule has 0 radical (unpaired) electrons. The lowest BCUT2D eigenvalue weighted by Crippen LogP contribution is -2.40. The van der Waals surface area contributed by atoms with E-state index in [9.17, 15) is 4.79 Å². The molecule has 0 aromatic carbocycles. The Morgan fingerprint density at radius 3 is 2.85 bits per heavy atom. The highest BCUT2D eigenvalue weighted by Gasteiger charge is 2.25. The van der Waals surface area contributed by atoms with Gasteiger partial charge in [-0.1, -0.05) is 0 Å². The number of aromatic nitrogens is 3. The van der Waals surface area contributed by atoms with Gasteiger partial charge in [-0.15, -0.1) is 0 Å². The lowest BCUT2D eigenvalue weighted by Gasteiger charge is -2.32. The molecule has 2 aromatic heterocycles. The summed E-state index contributed by atoms with van der Waals surface area (Å²) in [6.07, 6.45) is 8.00. The van der Waals surface area contributed by atoms with Crippen LogP contribution in [0.25, 0.3) is 0 Å². The molecule has 2 aromatic rings. The molecule has 1 amide bonds. The number of piperidine rings is 1. The summed E-state index contributed by atoms with van der Waals surface area (Å²) in [5.41, 5.74) is 1.10. The van der Waals surface area contributed by atoms with Gasteiger partial charge in [-0.2, -0.15) is 5.10 Å². The lowest BCUT2D eigenvalue weighted by molar-refractivity contribution is -0.133. The summed E-state index contributed by atoms with van der Waals surface area (Å²) in [5, 5.41) is 4.48. The van der Waals surface area contributed by atoms with E-state index in [2.05, 4.69) is 11.2 Å². The summed E-state index contributed by atoms with van der Waals surface area (Å²) in [4.78, 5) is 14.3. The van der Waals surface area contributed by atoms with Crippen molar-refractivity contribution in [3.05, 3.63) is 42.5 Å². The van der Waals surface area contributed by atoms with Gasteiger partial charge < -0.3 is 9.47 Å². The average Bonchev–Trinajstić information content (AvgIpc) is 3.10. The zero-order valence-electron chi connectivity index (χ0n) is 11.8. The molecule has 20 heavy (non-hydrogen) atoms. The Hall–Kier alpha value is -2.04. The molecule has 0 aliphatic carbocycles. The Labute approximate surface area is 118 Å². The standard InChI is InChI=1S/C15H20N4O/c1-17-10-6-14(16-17)13-5-4-9-19(11-13)15(20)12-18-7-2-3-8-18/h2-3,6-8,10,13H,4-5,9,11-12H2,1H3. The molecule has 1 saturated heterocycles. The Balaban J connectivity index is 1.64. The van der Waals surface area contributed by atoms with E-state index in [-0.39, 0.29) is 5.91 Å². The van der Waals surface area contributed by atoms with Crippen LogP contribution in [0.4, 0.5) is 0 Å². The van der Waals surface area contributed by atoms with E-state index in [0.29, 0.717) is 12.5 Å². The first-order valence-electron chi connectivity index (χ1n) is 7.10. The molecule has 0 spiro atoms. The maximum absolute atomic E-state index is 12.3. The van der Waals surface area contributed by atoms with E-state index < -0.39 is 0 Å². The number of rotatable bonds is 3. The molecular weight excluding hydrogens is 252 g/mol. The maximum Gasteiger partial charge on any atom is 0.242 e. The molecular formula is C15H20N4O. The van der Waals surface area contributed by atoms with Crippen molar-refractivity contribution in [2.24, 2.45) is 7.05 Å². The molecule has 0 bridgehead atoms. The predicted octanol–water partition coefficient (Wildman–Crippen LogP) is 1.63. The number of hydrogen-bond acceptors (Lipinski definition) is 2. The van der Waals surface area contributed by atoms with E-state index in [1.165, 1.54) is 0 Å². The van der Waals surface area contributed by atoms with Crippen molar-refractivity contribution >= 4 is 5.91 Å². The highest BCUT2D eigenvalue weighted by atomic mass is 16.2. The number of likely N-dealkylation sites (tertiary alicyclic amines) is 1. The first-order valence-corrected chi connectivity index (χ1v) is 7.10. The average molecular weight is 272 g/mol. The normalized spacial score (nSPS) is 19.2. The third kappa shape index (κ3) is 2.76. The SMILES string of the molecule is Cn1ccc(C2CCCN(C(=O)Cn3cccc3)C2)n1. The van der Waals surface area contributed by atoms with Crippen molar-refractivity contribution in [2.75, 3.05) is 13.1 Å². The molecule has 106 valence electrons. The summed E-state index contributed by atoms with van der Waals surface area (Å²) < 4.78 is 3.75. The van der Waals surface area contributed by atoms with Gasteiger partial charge in [0, 0.05) is 44.6 Å². The molecule has 1 aliphatic heterocycles. The van der Waals surface area contributed by atoms with Gasteiger partial charge in [0.05, 0.1) is 5.69 Å². The van der Waals surface area contributed by atoms with E-state index in [0.717, 1.165) is 31.6 Å². The van der Waals surface area contributed by atoms with E-state index in [4.69, 9.17) is 0 Å². The van der Waals surface area contributed by atoms with Crippen molar-refractivity contribution in [1.82, 2.24) is 19.2 Å². The summed E-state index contributed by atoms with van der Waals surface area (Å²) >= 11 is 0. The van der Waals surface area contributed by atoms with Crippen LogP contribution in [0.3, 0.4) is 0 Å². The molecule has 0 saturated carbocycles. The quantitative estimate of drug-likeness (QED) is 0.852. The molecule has 1 aliphatic rings. The van der Waals surface area contributed by atoms with Crippen LogP contribution in [0.5, 0.6) is 0 Å². The van der Waals surface area contributed by atoms with Gasteiger partial charge in [0.2, 0.25) is 5.91 Å². The van der Waals surface area contributed by atoms with E-state index >= 15 is 0 Å². The predicted molar refractivity (Wildman–Crippen MR) is 76.2 cm³/mol. The first-order chi connectivity index (χ1) is 9.72. The molecule has 3 rings (SSSR count). The number of aryl methyl sites for hydroxylation is 1. The maximum atomic E-state index is 12.3. The minimum atomic E-state index is 0.196.